The van der Waals surface area contributed by atoms with Crippen LogP contribution in [-0.4, -0.2) is 6.71 Å². The zero-order valence-corrected chi connectivity index (χ0v) is 17.7. The average molecular weight is 361 g/mol. The number of rotatable bonds is 6. The first kappa shape index (κ1) is 20.0. The van der Waals surface area contributed by atoms with Crippen LogP contribution in [0.1, 0.15) is 47.1 Å². The zero-order chi connectivity index (χ0) is 18.2. The molecular formula is C20H32BNS2. The molecule has 0 spiro atoms. The van der Waals surface area contributed by atoms with Gasteiger partial charge in [-0.3, -0.25) is 5.14 Å². The van der Waals surface area contributed by atoms with Crippen molar-refractivity contribution in [2.75, 3.05) is 0 Å². The summed E-state index contributed by atoms with van der Waals surface area (Å²) in [6, 6.07) is 9.03. The molecule has 1 fully saturated rings. The molecule has 0 aromatic heterocycles. The van der Waals surface area contributed by atoms with Gasteiger partial charge in [0.2, 0.25) is 0 Å². The van der Waals surface area contributed by atoms with Gasteiger partial charge in [-0.05, 0) is 49.3 Å². The van der Waals surface area contributed by atoms with E-state index in [2.05, 4.69) is 72.4 Å². The molecule has 1 heterocycles. The summed E-state index contributed by atoms with van der Waals surface area (Å²) in [5.41, 5.74) is 3.83. The Morgan fingerprint density at radius 1 is 1.17 bits per heavy atom. The predicted molar refractivity (Wildman–Crippen MR) is 115 cm³/mol. The van der Waals surface area contributed by atoms with Crippen LogP contribution in [0.25, 0.3) is 0 Å². The van der Waals surface area contributed by atoms with Crippen LogP contribution in [0.4, 0.5) is 0 Å². The van der Waals surface area contributed by atoms with E-state index < -0.39 is 0 Å². The minimum atomic E-state index is 0.0385. The summed E-state index contributed by atoms with van der Waals surface area (Å²) in [5.74, 6) is 0. The van der Waals surface area contributed by atoms with Crippen LogP contribution in [-0.2, 0) is 6.42 Å². The van der Waals surface area contributed by atoms with Crippen LogP contribution < -0.4 is 10.6 Å². The van der Waals surface area contributed by atoms with Crippen LogP contribution in [0.3, 0.4) is 0 Å². The highest BCUT2D eigenvalue weighted by atomic mass is 33.1. The third-order valence-electron chi connectivity index (χ3n) is 6.38. The Balaban J connectivity index is 2.28. The van der Waals surface area contributed by atoms with Crippen LogP contribution >= 0.6 is 21.8 Å². The Bertz CT molecular complexity index is 591. The van der Waals surface area contributed by atoms with Crippen LogP contribution in [0.5, 0.6) is 0 Å². The summed E-state index contributed by atoms with van der Waals surface area (Å²) in [6.45, 7) is 19.2. The molecule has 1 aliphatic rings. The molecule has 1 aromatic rings. The van der Waals surface area contributed by atoms with E-state index in [-0.39, 0.29) is 5.41 Å². The minimum Gasteiger partial charge on any atom is -0.268 e. The fourth-order valence-corrected chi connectivity index (χ4v) is 5.35. The molecule has 0 radical (unpaired) electrons. The van der Waals surface area contributed by atoms with Gasteiger partial charge in [0.25, 0.3) is 0 Å². The van der Waals surface area contributed by atoms with Crippen molar-refractivity contribution in [3.63, 3.8) is 0 Å². The summed E-state index contributed by atoms with van der Waals surface area (Å²) in [5, 5.41) is 5.63. The fourth-order valence-electron chi connectivity index (χ4n) is 3.92. The first-order valence-corrected chi connectivity index (χ1v) is 11.0. The van der Waals surface area contributed by atoms with Gasteiger partial charge in [0, 0.05) is 0 Å². The molecule has 2 rings (SSSR count). The van der Waals surface area contributed by atoms with E-state index in [1.54, 1.807) is 16.3 Å². The monoisotopic (exact) mass is 361 g/mol. The van der Waals surface area contributed by atoms with Gasteiger partial charge in [-0.1, -0.05) is 96.1 Å². The first-order chi connectivity index (χ1) is 11.0. The van der Waals surface area contributed by atoms with E-state index in [4.69, 9.17) is 5.14 Å². The van der Waals surface area contributed by atoms with Crippen molar-refractivity contribution < 1.29 is 0 Å². The second-order valence-electron chi connectivity index (χ2n) is 9.24. The topological polar surface area (TPSA) is 26.0 Å². The molecule has 1 aromatic carbocycles. The number of benzene rings is 1. The second-order valence-corrected chi connectivity index (χ2v) is 11.2. The predicted octanol–water partition coefficient (Wildman–Crippen LogP) is 5.79. The summed E-state index contributed by atoms with van der Waals surface area (Å²) in [6.07, 6.45) is 3.56. The smallest absolute Gasteiger partial charge is 0.177 e. The van der Waals surface area contributed by atoms with Gasteiger partial charge in [-0.2, -0.15) is 0 Å². The Hall–Kier alpha value is -0.315. The maximum Gasteiger partial charge on any atom is 0.177 e. The lowest BCUT2D eigenvalue weighted by atomic mass is 9.41. The molecule has 0 unspecified atom stereocenters. The first-order valence-electron chi connectivity index (χ1n) is 8.81. The van der Waals surface area contributed by atoms with E-state index in [9.17, 15) is 0 Å². The van der Waals surface area contributed by atoms with Crippen molar-refractivity contribution in [3.05, 3.63) is 41.3 Å². The molecule has 132 valence electrons. The van der Waals surface area contributed by atoms with E-state index in [1.807, 2.05) is 0 Å². The molecule has 0 saturated carbocycles. The van der Waals surface area contributed by atoms with Gasteiger partial charge in [0.1, 0.15) is 0 Å². The van der Waals surface area contributed by atoms with Crippen LogP contribution in [0.2, 0.25) is 12.6 Å². The summed E-state index contributed by atoms with van der Waals surface area (Å²) in [7, 11) is 2.89. The van der Waals surface area contributed by atoms with Crippen molar-refractivity contribution >= 4 is 33.9 Å². The SMILES string of the molecule is C=C(SSN)C(C)(C)Cc1ccccc1B1CC(C)(C)C(C)(C)C1. The van der Waals surface area contributed by atoms with Crippen molar-refractivity contribution in [1.82, 2.24) is 0 Å². The van der Waals surface area contributed by atoms with Crippen molar-refractivity contribution in [3.8, 4) is 0 Å². The lowest BCUT2D eigenvalue weighted by molar-refractivity contribution is 0.177. The van der Waals surface area contributed by atoms with Gasteiger partial charge >= 0.3 is 0 Å². The molecule has 0 aliphatic carbocycles. The lowest BCUT2D eigenvalue weighted by Gasteiger charge is -2.35. The Morgan fingerprint density at radius 3 is 2.25 bits per heavy atom. The third kappa shape index (κ3) is 4.08. The Morgan fingerprint density at radius 2 is 1.71 bits per heavy atom. The molecule has 4 heteroatoms. The average Bonchev–Trinajstić information content (AvgIpc) is 2.67. The largest absolute Gasteiger partial charge is 0.268 e. The molecule has 1 nitrogen and oxygen atoms in total. The molecule has 24 heavy (non-hydrogen) atoms. The second kappa shape index (κ2) is 7.13. The van der Waals surface area contributed by atoms with Crippen LogP contribution in [0, 0.1) is 16.2 Å². The molecular weight excluding hydrogens is 329 g/mol. The molecule has 0 amide bonds. The molecule has 0 bridgehead atoms. The maximum absolute atomic E-state index is 5.63. The Kier molecular flexibility index (Phi) is 5.94. The summed E-state index contributed by atoms with van der Waals surface area (Å²) >= 11 is 0. The lowest BCUT2D eigenvalue weighted by Crippen LogP contribution is -2.33. The van der Waals surface area contributed by atoms with E-state index in [0.29, 0.717) is 17.5 Å². The number of nitrogens with two attached hydrogens (primary N) is 1. The Labute approximate surface area is 157 Å². The van der Waals surface area contributed by atoms with Crippen molar-refractivity contribution in [2.24, 2.45) is 21.4 Å². The molecule has 2 N–H and O–H groups in total. The fraction of sp³-hybridized carbons (Fsp3) is 0.600. The van der Waals surface area contributed by atoms with Gasteiger partial charge in [0.15, 0.2) is 6.71 Å². The van der Waals surface area contributed by atoms with Gasteiger partial charge in [-0.15, -0.1) is 0 Å². The number of hydrogen-bond donors (Lipinski definition) is 1. The van der Waals surface area contributed by atoms with Crippen molar-refractivity contribution in [1.29, 1.82) is 0 Å². The molecule has 1 aliphatic heterocycles. The zero-order valence-electron chi connectivity index (χ0n) is 16.1. The highest BCUT2D eigenvalue weighted by Crippen LogP contribution is 2.52. The van der Waals surface area contributed by atoms with E-state index in [1.165, 1.54) is 29.2 Å². The number of hydrogen-bond acceptors (Lipinski definition) is 3. The summed E-state index contributed by atoms with van der Waals surface area (Å²) in [4.78, 5) is 1.15. The maximum atomic E-state index is 5.63. The summed E-state index contributed by atoms with van der Waals surface area (Å²) < 4.78 is 0. The minimum absolute atomic E-state index is 0.0385. The standard InChI is InChI=1S/C20H32BNS2/c1-15(23-24-22)18(2,3)12-16-10-8-9-11-17(16)21-13-19(4,5)20(6,7)14-21/h8-11H,1,12-14,22H2,2-7H3. The number of allylic oxidation sites excluding steroid dienone is 1. The quantitative estimate of drug-likeness (QED) is 0.394. The van der Waals surface area contributed by atoms with E-state index >= 15 is 0 Å². The van der Waals surface area contributed by atoms with Crippen LogP contribution in [0.15, 0.2) is 35.7 Å². The third-order valence-corrected chi connectivity index (χ3v) is 8.12. The molecule has 0 atom stereocenters. The normalized spacial score (nSPS) is 19.5. The van der Waals surface area contributed by atoms with Gasteiger partial charge < -0.3 is 0 Å². The van der Waals surface area contributed by atoms with Gasteiger partial charge in [-0.25, -0.2) is 0 Å². The highest BCUT2D eigenvalue weighted by molar-refractivity contribution is 8.77. The van der Waals surface area contributed by atoms with E-state index in [0.717, 1.165) is 11.3 Å². The van der Waals surface area contributed by atoms with Crippen molar-refractivity contribution in [2.45, 2.75) is 60.6 Å². The van der Waals surface area contributed by atoms with Gasteiger partial charge in [0.05, 0.1) is 0 Å². The highest BCUT2D eigenvalue weighted by Gasteiger charge is 2.48. The molecule has 1 saturated heterocycles.